The van der Waals surface area contributed by atoms with Crippen molar-refractivity contribution < 1.29 is 14.7 Å². The Morgan fingerprint density at radius 1 is 1.14 bits per heavy atom. The van der Waals surface area contributed by atoms with Crippen LogP contribution in [0.1, 0.15) is 65.7 Å². The zero-order valence-electron chi connectivity index (χ0n) is 14.2. The maximum atomic E-state index is 12.1. The van der Waals surface area contributed by atoms with Crippen molar-refractivity contribution in [2.45, 2.75) is 77.9 Å². The minimum absolute atomic E-state index is 0.0473. The van der Waals surface area contributed by atoms with Gasteiger partial charge in [-0.2, -0.15) is 0 Å². The molecule has 0 radical (unpaired) electrons. The number of hydrogen-bond donors (Lipinski definition) is 3. The van der Waals surface area contributed by atoms with Crippen molar-refractivity contribution in [1.82, 2.24) is 10.6 Å². The Balaban J connectivity index is 2.21. The molecule has 2 amide bonds. The van der Waals surface area contributed by atoms with Gasteiger partial charge in [0.25, 0.3) is 0 Å². The Labute approximate surface area is 134 Å². The van der Waals surface area contributed by atoms with Crippen molar-refractivity contribution in [2.24, 2.45) is 11.8 Å². The maximum Gasteiger partial charge on any atom is 0.223 e. The molecule has 5 nitrogen and oxygen atoms in total. The van der Waals surface area contributed by atoms with Crippen molar-refractivity contribution in [1.29, 1.82) is 0 Å². The molecule has 1 aliphatic rings. The molecule has 1 saturated carbocycles. The van der Waals surface area contributed by atoms with Gasteiger partial charge in [0, 0.05) is 24.9 Å². The van der Waals surface area contributed by atoms with Gasteiger partial charge < -0.3 is 15.7 Å². The second-order valence-electron chi connectivity index (χ2n) is 6.94. The van der Waals surface area contributed by atoms with E-state index in [-0.39, 0.29) is 35.8 Å². The van der Waals surface area contributed by atoms with Gasteiger partial charge in [-0.3, -0.25) is 9.59 Å². The highest BCUT2D eigenvalue weighted by molar-refractivity contribution is 5.81. The van der Waals surface area contributed by atoms with Crippen LogP contribution in [0, 0.1) is 11.8 Å². The van der Waals surface area contributed by atoms with Crippen LogP contribution in [0.15, 0.2) is 0 Å². The number of nitrogens with one attached hydrogen (secondary N) is 2. The fourth-order valence-electron chi connectivity index (χ4n) is 3.08. The van der Waals surface area contributed by atoms with E-state index in [0.717, 1.165) is 25.7 Å². The van der Waals surface area contributed by atoms with Gasteiger partial charge in [0.05, 0.1) is 6.10 Å². The highest BCUT2D eigenvalue weighted by Crippen LogP contribution is 2.23. The monoisotopic (exact) mass is 312 g/mol. The van der Waals surface area contributed by atoms with Gasteiger partial charge in [-0.1, -0.05) is 26.2 Å². The van der Waals surface area contributed by atoms with E-state index in [2.05, 4.69) is 10.6 Å². The Morgan fingerprint density at radius 3 is 2.36 bits per heavy atom. The van der Waals surface area contributed by atoms with Gasteiger partial charge in [0.15, 0.2) is 0 Å². The molecule has 0 heterocycles. The summed E-state index contributed by atoms with van der Waals surface area (Å²) >= 11 is 0. The molecule has 1 aliphatic carbocycles. The van der Waals surface area contributed by atoms with Crippen molar-refractivity contribution >= 4 is 11.8 Å². The van der Waals surface area contributed by atoms with Gasteiger partial charge in [-0.25, -0.2) is 0 Å². The van der Waals surface area contributed by atoms with Crippen LogP contribution in [0.5, 0.6) is 0 Å². The van der Waals surface area contributed by atoms with E-state index in [4.69, 9.17) is 0 Å². The number of amides is 2. The fourth-order valence-corrected chi connectivity index (χ4v) is 3.08. The van der Waals surface area contributed by atoms with Crippen LogP contribution in [0.3, 0.4) is 0 Å². The first-order valence-corrected chi connectivity index (χ1v) is 8.63. The third kappa shape index (κ3) is 7.78. The number of aliphatic hydroxyl groups is 1. The predicted octanol–water partition coefficient (Wildman–Crippen LogP) is 1.98. The van der Waals surface area contributed by atoms with E-state index in [1.165, 1.54) is 6.42 Å². The summed E-state index contributed by atoms with van der Waals surface area (Å²) in [6.07, 6.45) is 6.08. The lowest BCUT2D eigenvalue weighted by Crippen LogP contribution is -2.41. The molecule has 128 valence electrons. The van der Waals surface area contributed by atoms with Gasteiger partial charge >= 0.3 is 0 Å². The number of hydrogen-bond acceptors (Lipinski definition) is 3. The number of carbonyl (C=O) groups is 2. The second-order valence-corrected chi connectivity index (χ2v) is 6.94. The molecular weight excluding hydrogens is 280 g/mol. The van der Waals surface area contributed by atoms with Crippen LogP contribution in [0.25, 0.3) is 0 Å². The molecule has 1 rings (SSSR count). The lowest BCUT2D eigenvalue weighted by molar-refractivity contribution is -0.127. The summed E-state index contributed by atoms with van der Waals surface area (Å²) in [6.45, 7) is 6.19. The minimum Gasteiger partial charge on any atom is -0.393 e. The van der Waals surface area contributed by atoms with Crippen LogP contribution in [0.4, 0.5) is 0 Å². The molecule has 0 spiro atoms. The largest absolute Gasteiger partial charge is 0.393 e. The van der Waals surface area contributed by atoms with Crippen LogP contribution >= 0.6 is 0 Å². The normalized spacial score (nSPS) is 20.0. The smallest absolute Gasteiger partial charge is 0.223 e. The lowest BCUT2D eigenvalue weighted by Gasteiger charge is -2.23. The fraction of sp³-hybridized carbons (Fsp3) is 0.882. The Morgan fingerprint density at radius 2 is 1.77 bits per heavy atom. The molecule has 0 saturated heterocycles. The number of carbonyl (C=O) groups excluding carboxylic acids is 2. The van der Waals surface area contributed by atoms with E-state index < -0.39 is 0 Å². The summed E-state index contributed by atoms with van der Waals surface area (Å²) in [4.78, 5) is 24.0. The zero-order chi connectivity index (χ0) is 16.5. The Hall–Kier alpha value is -1.10. The van der Waals surface area contributed by atoms with Crippen molar-refractivity contribution in [3.05, 3.63) is 0 Å². The molecule has 22 heavy (non-hydrogen) atoms. The van der Waals surface area contributed by atoms with Crippen molar-refractivity contribution in [2.75, 3.05) is 6.54 Å². The standard InChI is InChI=1S/C17H32N2O3/c1-12(9-14(3)20)11-18-16(21)10-13(2)19-17(22)15-7-5-4-6-8-15/h12-15,20H,4-11H2,1-3H3,(H,18,21)(H,19,22). The first-order valence-electron chi connectivity index (χ1n) is 8.63. The Bertz CT molecular complexity index is 352. The van der Waals surface area contributed by atoms with Gasteiger partial charge in [0.2, 0.25) is 11.8 Å². The molecular formula is C17H32N2O3. The second kappa shape index (κ2) is 9.82. The molecule has 5 heteroatoms. The summed E-state index contributed by atoms with van der Waals surface area (Å²) in [7, 11) is 0. The highest BCUT2D eigenvalue weighted by atomic mass is 16.3. The van der Waals surface area contributed by atoms with E-state index in [1.54, 1.807) is 6.92 Å². The summed E-state index contributed by atoms with van der Waals surface area (Å²) in [5.41, 5.74) is 0. The predicted molar refractivity (Wildman–Crippen MR) is 87.3 cm³/mol. The minimum atomic E-state index is -0.347. The average Bonchev–Trinajstić information content (AvgIpc) is 2.45. The first kappa shape index (κ1) is 18.9. The number of rotatable bonds is 8. The van der Waals surface area contributed by atoms with Crippen LogP contribution < -0.4 is 10.6 Å². The number of aliphatic hydroxyl groups excluding tert-OH is 1. The molecule has 0 aromatic rings. The molecule has 0 aromatic heterocycles. The van der Waals surface area contributed by atoms with E-state index in [0.29, 0.717) is 19.4 Å². The first-order chi connectivity index (χ1) is 10.4. The summed E-state index contributed by atoms with van der Waals surface area (Å²) in [6, 6.07) is -0.138. The maximum absolute atomic E-state index is 12.1. The topological polar surface area (TPSA) is 78.4 Å². The van der Waals surface area contributed by atoms with Gasteiger partial charge in [-0.15, -0.1) is 0 Å². The summed E-state index contributed by atoms with van der Waals surface area (Å²) in [5.74, 6) is 0.428. The van der Waals surface area contributed by atoms with Gasteiger partial charge in [-0.05, 0) is 39.0 Å². The van der Waals surface area contributed by atoms with E-state index >= 15 is 0 Å². The molecule has 1 fully saturated rings. The molecule has 3 N–H and O–H groups in total. The van der Waals surface area contributed by atoms with Crippen LogP contribution in [-0.2, 0) is 9.59 Å². The zero-order valence-corrected chi connectivity index (χ0v) is 14.2. The Kier molecular flexibility index (Phi) is 8.46. The highest BCUT2D eigenvalue weighted by Gasteiger charge is 2.22. The molecule has 3 atom stereocenters. The average molecular weight is 312 g/mol. The van der Waals surface area contributed by atoms with Crippen molar-refractivity contribution in [3.63, 3.8) is 0 Å². The summed E-state index contributed by atoms with van der Waals surface area (Å²) in [5, 5.41) is 15.1. The third-order valence-electron chi connectivity index (χ3n) is 4.25. The summed E-state index contributed by atoms with van der Waals surface area (Å²) < 4.78 is 0. The third-order valence-corrected chi connectivity index (χ3v) is 4.25. The lowest BCUT2D eigenvalue weighted by atomic mass is 9.88. The van der Waals surface area contributed by atoms with Gasteiger partial charge in [0.1, 0.15) is 0 Å². The van der Waals surface area contributed by atoms with E-state index in [1.807, 2.05) is 13.8 Å². The van der Waals surface area contributed by atoms with E-state index in [9.17, 15) is 14.7 Å². The molecule has 3 unspecified atom stereocenters. The van der Waals surface area contributed by atoms with Crippen LogP contribution in [-0.4, -0.2) is 35.6 Å². The van der Waals surface area contributed by atoms with Crippen molar-refractivity contribution in [3.8, 4) is 0 Å². The van der Waals surface area contributed by atoms with Crippen LogP contribution in [0.2, 0.25) is 0 Å². The molecule has 0 bridgehead atoms. The molecule has 0 aromatic carbocycles. The molecule has 0 aliphatic heterocycles. The SMILES string of the molecule is CC(O)CC(C)CNC(=O)CC(C)NC(=O)C1CCCCC1. The quantitative estimate of drug-likeness (QED) is 0.641.